The number of aromatic nitrogens is 1. The van der Waals surface area contributed by atoms with Gasteiger partial charge in [-0.15, -0.1) is 0 Å². The molecule has 110 valence electrons. The maximum absolute atomic E-state index is 12.1. The largest absolute Gasteiger partial charge is 1.00 e. The van der Waals surface area contributed by atoms with Gasteiger partial charge in [-0.1, -0.05) is 13.8 Å². The number of hydrogen-bond donors (Lipinski definition) is 2. The van der Waals surface area contributed by atoms with E-state index < -0.39 is 11.5 Å². The molecule has 1 amide bonds. The van der Waals surface area contributed by atoms with Crippen molar-refractivity contribution < 1.29 is 49.0 Å². The molecule has 1 unspecified atom stereocenters. The Morgan fingerprint density at radius 3 is 2.55 bits per heavy atom. The van der Waals surface area contributed by atoms with E-state index in [9.17, 15) is 19.5 Å². The zero-order chi connectivity index (χ0) is 15.8. The molecular weight excluding hydrogens is 297 g/mol. The van der Waals surface area contributed by atoms with Crippen molar-refractivity contribution in [3.05, 3.63) is 29.1 Å². The number of pyridine rings is 1. The Balaban J connectivity index is 0.00000242. The van der Waals surface area contributed by atoms with Crippen molar-refractivity contribution in [2.24, 2.45) is 10.9 Å². The van der Waals surface area contributed by atoms with Crippen molar-refractivity contribution in [2.75, 3.05) is 0 Å². The van der Waals surface area contributed by atoms with Crippen LogP contribution in [0.4, 0.5) is 0 Å². The van der Waals surface area contributed by atoms with Crippen LogP contribution in [0.1, 0.15) is 47.2 Å². The Morgan fingerprint density at radius 1 is 1.45 bits per heavy atom. The molecule has 1 aliphatic heterocycles. The van der Waals surface area contributed by atoms with Gasteiger partial charge in [0.1, 0.15) is 11.2 Å². The molecule has 22 heavy (non-hydrogen) atoms. The van der Waals surface area contributed by atoms with Gasteiger partial charge in [0.2, 0.25) is 0 Å². The number of nitrogens with zero attached hydrogens (tertiary/aromatic N) is 2. The molecule has 0 fully saturated rings. The summed E-state index contributed by atoms with van der Waals surface area (Å²) >= 11 is 0. The van der Waals surface area contributed by atoms with Gasteiger partial charge >= 0.3 is 35.5 Å². The summed E-state index contributed by atoms with van der Waals surface area (Å²) in [6.07, 6.45) is 1.75. The molecule has 1 aliphatic rings. The van der Waals surface area contributed by atoms with E-state index in [1.807, 2.05) is 13.8 Å². The fraction of sp³-hybridized carbons (Fsp3) is 0.357. The third kappa shape index (κ3) is 3.11. The van der Waals surface area contributed by atoms with Gasteiger partial charge in [-0.3, -0.25) is 14.6 Å². The molecule has 0 aliphatic carbocycles. The molecule has 0 saturated carbocycles. The first-order chi connectivity index (χ1) is 9.79. The minimum atomic E-state index is -1.24. The molecule has 0 saturated heterocycles. The van der Waals surface area contributed by atoms with Crippen LogP contribution in [0.2, 0.25) is 0 Å². The predicted octanol–water partition coefficient (Wildman–Crippen LogP) is -2.11. The van der Waals surface area contributed by atoms with Gasteiger partial charge in [0.05, 0.1) is 5.56 Å². The Hall–Kier alpha value is -1.57. The van der Waals surface area contributed by atoms with Crippen molar-refractivity contribution in [2.45, 2.75) is 26.3 Å². The van der Waals surface area contributed by atoms with Crippen LogP contribution in [-0.4, -0.2) is 39.6 Å². The molecule has 1 atom stereocenters. The summed E-state index contributed by atoms with van der Waals surface area (Å²) in [6.45, 7) is 5.39. The maximum atomic E-state index is 12.1. The van der Waals surface area contributed by atoms with Crippen LogP contribution in [0.15, 0.2) is 17.3 Å². The summed E-state index contributed by atoms with van der Waals surface area (Å²) in [5, 5.41) is 11.8. The molecule has 7 nitrogen and oxygen atoms in total. The van der Waals surface area contributed by atoms with Gasteiger partial charge < -0.3 is 10.4 Å². The monoisotopic (exact) mass is 312 g/mol. The minimum absolute atomic E-state index is 0. The van der Waals surface area contributed by atoms with Crippen molar-refractivity contribution >= 4 is 24.0 Å². The second-order valence-corrected chi connectivity index (χ2v) is 5.30. The van der Waals surface area contributed by atoms with Crippen LogP contribution in [0.3, 0.4) is 0 Å². The number of carbonyl (C=O) groups excluding carboxylic acids is 2. The van der Waals surface area contributed by atoms with Crippen LogP contribution in [-0.2, 0) is 4.79 Å². The number of carboxylic acids is 1. The Kier molecular flexibility index (Phi) is 5.61. The number of aromatic carboxylic acids is 1. The number of carbonyl (C=O) groups is 3. The topological polar surface area (TPSA) is 109 Å². The van der Waals surface area contributed by atoms with Gasteiger partial charge in [-0.25, -0.2) is 9.79 Å². The molecule has 1 aromatic heterocycles. The molecular formula is C14H15N3NaO4+. The molecule has 2 rings (SSSR count). The molecule has 1 aromatic rings. The summed E-state index contributed by atoms with van der Waals surface area (Å²) in [7, 11) is 0. The summed E-state index contributed by atoms with van der Waals surface area (Å²) in [6, 6.07) is 1.21. The van der Waals surface area contributed by atoms with E-state index in [2.05, 4.69) is 15.3 Å². The molecule has 2 heterocycles. The number of aldehydes is 1. The number of amides is 1. The van der Waals surface area contributed by atoms with Crippen molar-refractivity contribution in [3.63, 3.8) is 0 Å². The third-order valence-corrected chi connectivity index (χ3v) is 3.66. The van der Waals surface area contributed by atoms with Gasteiger partial charge in [-0.2, -0.15) is 0 Å². The summed E-state index contributed by atoms with van der Waals surface area (Å²) < 4.78 is 0. The third-order valence-electron chi connectivity index (χ3n) is 3.66. The number of rotatable bonds is 4. The van der Waals surface area contributed by atoms with E-state index in [1.54, 1.807) is 6.92 Å². The first kappa shape index (κ1) is 18.5. The Morgan fingerprint density at radius 2 is 2.09 bits per heavy atom. The number of aliphatic imine (C=N–C) groups is 1. The quantitative estimate of drug-likeness (QED) is 0.488. The Labute approximate surface area is 149 Å². The van der Waals surface area contributed by atoms with Crippen molar-refractivity contribution in [1.29, 1.82) is 0 Å². The van der Waals surface area contributed by atoms with Crippen molar-refractivity contribution in [1.82, 2.24) is 10.3 Å². The Bertz CT molecular complexity index is 672. The second kappa shape index (κ2) is 6.68. The van der Waals surface area contributed by atoms with E-state index in [-0.39, 0.29) is 64.0 Å². The summed E-state index contributed by atoms with van der Waals surface area (Å²) in [4.78, 5) is 42.4. The zero-order valence-electron chi connectivity index (χ0n) is 12.9. The van der Waals surface area contributed by atoms with E-state index in [1.165, 1.54) is 12.3 Å². The average Bonchev–Trinajstić information content (AvgIpc) is 2.75. The van der Waals surface area contributed by atoms with E-state index >= 15 is 0 Å². The van der Waals surface area contributed by atoms with Crippen LogP contribution in [0.25, 0.3) is 0 Å². The number of nitrogens with one attached hydrogen (secondary N) is 1. The van der Waals surface area contributed by atoms with Crippen LogP contribution < -0.4 is 34.9 Å². The van der Waals surface area contributed by atoms with Gasteiger partial charge in [0.25, 0.3) is 5.91 Å². The van der Waals surface area contributed by atoms with Gasteiger partial charge in [0, 0.05) is 11.8 Å². The fourth-order valence-electron chi connectivity index (χ4n) is 1.95. The van der Waals surface area contributed by atoms with Gasteiger partial charge in [-0.05, 0) is 18.9 Å². The van der Waals surface area contributed by atoms with Crippen LogP contribution in [0, 0.1) is 5.92 Å². The molecule has 2 N–H and O–H groups in total. The van der Waals surface area contributed by atoms with Gasteiger partial charge in [0.15, 0.2) is 12.1 Å². The van der Waals surface area contributed by atoms with Crippen LogP contribution in [0.5, 0.6) is 0 Å². The van der Waals surface area contributed by atoms with Crippen molar-refractivity contribution in [3.8, 4) is 0 Å². The van der Waals surface area contributed by atoms with E-state index in [4.69, 9.17) is 0 Å². The molecule has 0 bridgehead atoms. The summed E-state index contributed by atoms with van der Waals surface area (Å²) in [5.41, 5.74) is -0.944. The zero-order valence-corrected chi connectivity index (χ0v) is 14.9. The minimum Gasteiger partial charge on any atom is -0.478 e. The standard InChI is InChI=1S/C14H15N3O4.Na/c1-7(2)14(3)13(21)16-11(17-14)10-9(12(19)20)4-8(6-18)5-15-10;/h4-7H,1-3H3,(H,19,20)(H,16,17,21);/q;+1. The number of amidine groups is 1. The normalized spacial score (nSPS) is 20.2. The fourth-order valence-corrected chi connectivity index (χ4v) is 1.95. The maximum Gasteiger partial charge on any atom is 1.00 e. The molecule has 0 radical (unpaired) electrons. The number of carboxylic acid groups (broad SMARTS) is 1. The smallest absolute Gasteiger partial charge is 0.478 e. The molecule has 0 aromatic carbocycles. The summed E-state index contributed by atoms with van der Waals surface area (Å²) in [5.74, 6) is -1.48. The van der Waals surface area contributed by atoms with Crippen LogP contribution >= 0.6 is 0 Å². The first-order valence-electron chi connectivity index (χ1n) is 6.39. The number of hydrogen-bond acceptors (Lipinski definition) is 5. The predicted molar refractivity (Wildman–Crippen MR) is 74.5 cm³/mol. The molecule has 8 heteroatoms. The SMILES string of the molecule is CC(C)C1(C)N=C(c2ncc(C=O)cc2C(=O)O)NC1=O.[Na+]. The van der Waals surface area contributed by atoms with E-state index in [0.29, 0.717) is 6.29 Å². The average molecular weight is 312 g/mol. The van der Waals surface area contributed by atoms with E-state index in [0.717, 1.165) is 0 Å². The second-order valence-electron chi connectivity index (χ2n) is 5.30. The first-order valence-corrected chi connectivity index (χ1v) is 6.39. The molecule has 0 spiro atoms.